The van der Waals surface area contributed by atoms with Gasteiger partial charge in [-0.15, -0.1) is 0 Å². The summed E-state index contributed by atoms with van der Waals surface area (Å²) in [6, 6.07) is 0. The molecule has 1 atom stereocenters. The van der Waals surface area contributed by atoms with Gasteiger partial charge in [-0.25, -0.2) is 0 Å². The summed E-state index contributed by atoms with van der Waals surface area (Å²) < 4.78 is 0. The van der Waals surface area contributed by atoms with Crippen LogP contribution in [0.4, 0.5) is 0 Å². The van der Waals surface area contributed by atoms with Gasteiger partial charge in [0.25, 0.3) is 0 Å². The molecule has 0 aromatic heterocycles. The van der Waals surface area contributed by atoms with Crippen molar-refractivity contribution < 1.29 is 0 Å². The van der Waals surface area contributed by atoms with E-state index in [-0.39, 0.29) is 0 Å². The van der Waals surface area contributed by atoms with Gasteiger partial charge in [0, 0.05) is 6.54 Å². The van der Waals surface area contributed by atoms with Gasteiger partial charge in [0.2, 0.25) is 0 Å². The molecule has 0 aromatic carbocycles. The summed E-state index contributed by atoms with van der Waals surface area (Å²) in [5.74, 6) is 1.02. The standard InChI is InChI=1S/C9H19N/c1-4-9(2,7-10-3)8-5-6-8/h8,10H,4-7H2,1-3H3. The van der Waals surface area contributed by atoms with E-state index in [0.29, 0.717) is 5.41 Å². The van der Waals surface area contributed by atoms with Crippen LogP contribution in [0.2, 0.25) is 0 Å². The maximum Gasteiger partial charge on any atom is 0.000471 e. The fourth-order valence-corrected chi connectivity index (χ4v) is 1.74. The zero-order valence-electron chi connectivity index (χ0n) is 7.41. The topological polar surface area (TPSA) is 12.0 Å². The molecule has 1 N–H and O–H groups in total. The van der Waals surface area contributed by atoms with Crippen LogP contribution in [0.1, 0.15) is 33.1 Å². The molecule has 1 fully saturated rings. The van der Waals surface area contributed by atoms with Crippen molar-refractivity contribution in [1.82, 2.24) is 5.32 Å². The molecule has 0 amide bonds. The van der Waals surface area contributed by atoms with E-state index >= 15 is 0 Å². The lowest BCUT2D eigenvalue weighted by Gasteiger charge is -2.27. The number of hydrogen-bond acceptors (Lipinski definition) is 1. The predicted molar refractivity (Wildman–Crippen MR) is 45.0 cm³/mol. The van der Waals surface area contributed by atoms with Crippen LogP contribution in [-0.4, -0.2) is 13.6 Å². The Morgan fingerprint density at radius 2 is 2.10 bits per heavy atom. The third-order valence-electron chi connectivity index (χ3n) is 2.95. The first-order valence-corrected chi connectivity index (χ1v) is 4.37. The zero-order chi connectivity index (χ0) is 7.61. The first kappa shape index (κ1) is 8.06. The molecular weight excluding hydrogens is 122 g/mol. The van der Waals surface area contributed by atoms with Gasteiger partial charge in [-0.1, -0.05) is 13.8 Å². The molecule has 1 aliphatic rings. The van der Waals surface area contributed by atoms with Crippen molar-refractivity contribution in [1.29, 1.82) is 0 Å². The SMILES string of the molecule is CCC(C)(CNC)C1CC1. The molecule has 10 heavy (non-hydrogen) atoms. The molecule has 1 saturated carbocycles. The van der Waals surface area contributed by atoms with Crippen LogP contribution in [0.5, 0.6) is 0 Å². The number of hydrogen-bond donors (Lipinski definition) is 1. The lowest BCUT2D eigenvalue weighted by Crippen LogP contribution is -2.30. The maximum atomic E-state index is 3.28. The summed E-state index contributed by atoms with van der Waals surface area (Å²) in [6.07, 6.45) is 4.25. The van der Waals surface area contributed by atoms with Gasteiger partial charge in [0.1, 0.15) is 0 Å². The molecular formula is C9H19N. The highest BCUT2D eigenvalue weighted by atomic mass is 14.8. The van der Waals surface area contributed by atoms with Crippen molar-refractivity contribution in [2.75, 3.05) is 13.6 Å². The second-order valence-electron chi connectivity index (χ2n) is 3.81. The molecule has 60 valence electrons. The molecule has 1 rings (SSSR count). The van der Waals surface area contributed by atoms with E-state index in [4.69, 9.17) is 0 Å². The lowest BCUT2D eigenvalue weighted by atomic mass is 9.82. The second kappa shape index (κ2) is 2.91. The monoisotopic (exact) mass is 141 g/mol. The van der Waals surface area contributed by atoms with Gasteiger partial charge in [-0.2, -0.15) is 0 Å². The van der Waals surface area contributed by atoms with Crippen molar-refractivity contribution in [2.45, 2.75) is 33.1 Å². The highest BCUT2D eigenvalue weighted by Gasteiger charge is 2.39. The second-order valence-corrected chi connectivity index (χ2v) is 3.81. The normalized spacial score (nSPS) is 24.3. The van der Waals surface area contributed by atoms with E-state index in [9.17, 15) is 0 Å². The van der Waals surface area contributed by atoms with Crippen LogP contribution >= 0.6 is 0 Å². The summed E-state index contributed by atoms with van der Waals surface area (Å²) >= 11 is 0. The summed E-state index contributed by atoms with van der Waals surface area (Å²) in [4.78, 5) is 0. The van der Waals surface area contributed by atoms with Crippen LogP contribution < -0.4 is 5.32 Å². The molecule has 1 heteroatoms. The van der Waals surface area contributed by atoms with Gasteiger partial charge in [-0.3, -0.25) is 0 Å². The molecule has 0 bridgehead atoms. The third kappa shape index (κ3) is 1.51. The zero-order valence-corrected chi connectivity index (χ0v) is 7.41. The highest BCUT2D eigenvalue weighted by Crippen LogP contribution is 2.46. The summed E-state index contributed by atoms with van der Waals surface area (Å²) in [5.41, 5.74) is 0.592. The molecule has 0 spiro atoms. The van der Waals surface area contributed by atoms with Crippen molar-refractivity contribution >= 4 is 0 Å². The van der Waals surface area contributed by atoms with Crippen molar-refractivity contribution in [3.8, 4) is 0 Å². The Hall–Kier alpha value is -0.0400. The largest absolute Gasteiger partial charge is 0.319 e. The fourth-order valence-electron chi connectivity index (χ4n) is 1.74. The summed E-state index contributed by atoms with van der Waals surface area (Å²) in [6.45, 7) is 5.89. The average molecular weight is 141 g/mol. The maximum absolute atomic E-state index is 3.28. The molecule has 0 radical (unpaired) electrons. The molecule has 0 aliphatic heterocycles. The Kier molecular flexibility index (Phi) is 2.35. The predicted octanol–water partition coefficient (Wildman–Crippen LogP) is 2.03. The van der Waals surface area contributed by atoms with E-state index in [2.05, 4.69) is 26.2 Å². The van der Waals surface area contributed by atoms with E-state index in [0.717, 1.165) is 5.92 Å². The van der Waals surface area contributed by atoms with E-state index in [1.807, 2.05) is 0 Å². The highest BCUT2D eigenvalue weighted by molar-refractivity contribution is 4.91. The van der Waals surface area contributed by atoms with Gasteiger partial charge >= 0.3 is 0 Å². The van der Waals surface area contributed by atoms with Crippen LogP contribution in [0.15, 0.2) is 0 Å². The Balaban J connectivity index is 2.39. The molecule has 1 nitrogen and oxygen atoms in total. The average Bonchev–Trinajstić information content (AvgIpc) is 2.69. The van der Waals surface area contributed by atoms with E-state index in [1.165, 1.54) is 25.8 Å². The quantitative estimate of drug-likeness (QED) is 0.631. The summed E-state index contributed by atoms with van der Waals surface area (Å²) in [5, 5.41) is 3.28. The minimum absolute atomic E-state index is 0.592. The first-order chi connectivity index (χ1) is 4.73. The van der Waals surface area contributed by atoms with Crippen molar-refractivity contribution in [3.63, 3.8) is 0 Å². The Morgan fingerprint density at radius 3 is 2.40 bits per heavy atom. The smallest absolute Gasteiger partial charge is 0.000471 e. The van der Waals surface area contributed by atoms with Gasteiger partial charge in [0.05, 0.1) is 0 Å². The Labute approximate surface area is 64.2 Å². The van der Waals surface area contributed by atoms with Gasteiger partial charge < -0.3 is 5.32 Å². The van der Waals surface area contributed by atoms with Crippen molar-refractivity contribution in [3.05, 3.63) is 0 Å². The minimum atomic E-state index is 0.592. The molecule has 1 aliphatic carbocycles. The van der Waals surface area contributed by atoms with Gasteiger partial charge in [-0.05, 0) is 37.6 Å². The Bertz CT molecular complexity index is 107. The minimum Gasteiger partial charge on any atom is -0.319 e. The number of nitrogens with one attached hydrogen (secondary N) is 1. The van der Waals surface area contributed by atoms with Gasteiger partial charge in [0.15, 0.2) is 0 Å². The van der Waals surface area contributed by atoms with Crippen LogP contribution in [0.3, 0.4) is 0 Å². The van der Waals surface area contributed by atoms with Crippen LogP contribution in [-0.2, 0) is 0 Å². The third-order valence-corrected chi connectivity index (χ3v) is 2.95. The molecule has 1 unspecified atom stereocenters. The molecule has 0 aromatic rings. The van der Waals surface area contributed by atoms with E-state index in [1.54, 1.807) is 0 Å². The number of rotatable bonds is 4. The van der Waals surface area contributed by atoms with Crippen molar-refractivity contribution in [2.24, 2.45) is 11.3 Å². The molecule has 0 heterocycles. The lowest BCUT2D eigenvalue weighted by molar-refractivity contribution is 0.254. The van der Waals surface area contributed by atoms with Crippen LogP contribution in [0, 0.1) is 11.3 Å². The first-order valence-electron chi connectivity index (χ1n) is 4.37. The van der Waals surface area contributed by atoms with E-state index < -0.39 is 0 Å². The summed E-state index contributed by atoms with van der Waals surface area (Å²) in [7, 11) is 2.05. The molecule has 0 saturated heterocycles. The van der Waals surface area contributed by atoms with Crippen LogP contribution in [0.25, 0.3) is 0 Å². The Morgan fingerprint density at radius 1 is 1.50 bits per heavy atom. The fraction of sp³-hybridized carbons (Fsp3) is 1.00.